The first-order chi connectivity index (χ1) is 9.85. The highest BCUT2D eigenvalue weighted by Crippen LogP contribution is 2.49. The third kappa shape index (κ3) is 2.73. The minimum atomic E-state index is 0.0717. The lowest BCUT2D eigenvalue weighted by Gasteiger charge is -2.21. The van der Waals surface area contributed by atoms with Crippen molar-refractivity contribution >= 4 is 5.84 Å². The average Bonchev–Trinajstić information content (AvgIpc) is 3.31. The minimum absolute atomic E-state index is 0.0717. The smallest absolute Gasteiger partial charge is 0.121 e. The van der Waals surface area contributed by atoms with E-state index < -0.39 is 0 Å². The molecule has 0 unspecified atom stereocenters. The number of aliphatic imine (C=N–C) groups is 1. The second kappa shape index (κ2) is 5.96. The van der Waals surface area contributed by atoms with E-state index in [0.717, 1.165) is 18.7 Å². The lowest BCUT2D eigenvalue weighted by atomic mass is 9.94. The second-order valence-electron chi connectivity index (χ2n) is 6.22. The van der Waals surface area contributed by atoms with Gasteiger partial charge in [-0.3, -0.25) is 4.99 Å². The Hall–Kier alpha value is -1.35. The normalized spacial score (nSPS) is 23.1. The van der Waals surface area contributed by atoms with E-state index in [9.17, 15) is 0 Å². The minimum Gasteiger partial charge on any atom is -0.312 e. The number of nitrogens with two attached hydrogens (primary N) is 1. The molecule has 3 rings (SSSR count). The maximum absolute atomic E-state index is 5.81. The van der Waals surface area contributed by atoms with Crippen LogP contribution >= 0.6 is 0 Å². The van der Waals surface area contributed by atoms with Crippen LogP contribution in [0.5, 0.6) is 0 Å². The van der Waals surface area contributed by atoms with Gasteiger partial charge in [0.15, 0.2) is 0 Å². The summed E-state index contributed by atoms with van der Waals surface area (Å²) in [5.41, 5.74) is 4.34. The summed E-state index contributed by atoms with van der Waals surface area (Å²) in [4.78, 5) is 5.01. The van der Waals surface area contributed by atoms with E-state index in [1.165, 1.54) is 44.1 Å². The quantitative estimate of drug-likeness (QED) is 0.291. The summed E-state index contributed by atoms with van der Waals surface area (Å²) >= 11 is 0. The molecule has 1 aromatic rings. The maximum Gasteiger partial charge on any atom is 0.121 e. The first kappa shape index (κ1) is 13.6. The van der Waals surface area contributed by atoms with Gasteiger partial charge >= 0.3 is 0 Å². The van der Waals surface area contributed by atoms with Crippen molar-refractivity contribution in [2.75, 3.05) is 0 Å². The van der Waals surface area contributed by atoms with Gasteiger partial charge in [-0.1, -0.05) is 56.0 Å². The Morgan fingerprint density at radius 3 is 2.25 bits per heavy atom. The Bertz CT molecular complexity index is 454. The zero-order valence-corrected chi connectivity index (χ0v) is 12.1. The predicted octanol–water partition coefficient (Wildman–Crippen LogP) is 3.30. The van der Waals surface area contributed by atoms with Gasteiger partial charge in [-0.15, -0.1) is 0 Å². The molecule has 2 fully saturated rings. The Morgan fingerprint density at radius 1 is 1.05 bits per heavy atom. The van der Waals surface area contributed by atoms with E-state index in [1.54, 1.807) is 0 Å². The molecule has 2 saturated carbocycles. The summed E-state index contributed by atoms with van der Waals surface area (Å²) in [5.74, 6) is 6.82. The molecule has 3 N–H and O–H groups in total. The van der Waals surface area contributed by atoms with Crippen LogP contribution in [0.2, 0.25) is 0 Å². The molecule has 2 aliphatic rings. The van der Waals surface area contributed by atoms with Crippen molar-refractivity contribution in [2.45, 2.75) is 62.8 Å². The summed E-state index contributed by atoms with van der Waals surface area (Å²) in [6.45, 7) is 0. The van der Waals surface area contributed by atoms with Gasteiger partial charge in [-0.05, 0) is 31.2 Å². The van der Waals surface area contributed by atoms with Gasteiger partial charge in [0.1, 0.15) is 5.84 Å². The van der Waals surface area contributed by atoms with Crippen LogP contribution < -0.4 is 11.3 Å². The number of amidine groups is 1. The Balaban J connectivity index is 1.82. The van der Waals surface area contributed by atoms with Crippen LogP contribution in [0.1, 0.15) is 56.9 Å². The van der Waals surface area contributed by atoms with Gasteiger partial charge in [0.2, 0.25) is 0 Å². The van der Waals surface area contributed by atoms with Gasteiger partial charge in [0, 0.05) is 0 Å². The molecule has 0 aliphatic heterocycles. The molecule has 20 heavy (non-hydrogen) atoms. The standard InChI is InChI=1S/C17H25N3/c18-20-16(19-15-10-6-1-2-7-11-15)17(12-13-17)14-8-4-3-5-9-14/h3-5,8-9,15H,1-2,6-7,10-13,18H2,(H,19,20). The molecule has 3 nitrogen and oxygen atoms in total. The zero-order chi connectivity index (χ0) is 13.8. The van der Waals surface area contributed by atoms with E-state index in [1.807, 2.05) is 0 Å². The fourth-order valence-corrected chi connectivity index (χ4v) is 3.41. The van der Waals surface area contributed by atoms with Crippen molar-refractivity contribution in [1.82, 2.24) is 5.43 Å². The maximum atomic E-state index is 5.81. The van der Waals surface area contributed by atoms with Gasteiger partial charge in [-0.2, -0.15) is 0 Å². The SMILES string of the molecule is NNC(=NC1CCCCCC1)C1(c2ccccc2)CC1. The second-order valence-corrected chi connectivity index (χ2v) is 6.22. The molecule has 0 atom stereocenters. The first-order valence-corrected chi connectivity index (χ1v) is 7.95. The monoisotopic (exact) mass is 271 g/mol. The summed E-state index contributed by atoms with van der Waals surface area (Å²) in [6.07, 6.45) is 10.1. The highest BCUT2D eigenvalue weighted by molar-refractivity contribution is 5.95. The first-order valence-electron chi connectivity index (χ1n) is 7.95. The predicted molar refractivity (Wildman–Crippen MR) is 83.6 cm³/mol. The van der Waals surface area contributed by atoms with Crippen molar-refractivity contribution in [3.8, 4) is 0 Å². The Morgan fingerprint density at radius 2 is 1.70 bits per heavy atom. The third-order valence-corrected chi connectivity index (χ3v) is 4.80. The molecule has 0 amide bonds. The van der Waals surface area contributed by atoms with E-state index in [-0.39, 0.29) is 5.41 Å². The van der Waals surface area contributed by atoms with Crippen molar-refractivity contribution < 1.29 is 0 Å². The lowest BCUT2D eigenvalue weighted by Crippen LogP contribution is -2.40. The number of rotatable bonds is 3. The third-order valence-electron chi connectivity index (χ3n) is 4.80. The Labute approximate surface area is 121 Å². The summed E-state index contributed by atoms with van der Waals surface area (Å²) in [5, 5.41) is 0. The van der Waals surface area contributed by atoms with Crippen molar-refractivity contribution in [3.05, 3.63) is 35.9 Å². The van der Waals surface area contributed by atoms with Gasteiger partial charge < -0.3 is 5.43 Å². The van der Waals surface area contributed by atoms with Crippen molar-refractivity contribution in [3.63, 3.8) is 0 Å². The summed E-state index contributed by atoms with van der Waals surface area (Å²) in [6, 6.07) is 11.1. The molecule has 0 aromatic heterocycles. The van der Waals surface area contributed by atoms with Crippen LogP contribution in [0.4, 0.5) is 0 Å². The molecule has 2 aliphatic carbocycles. The molecular formula is C17H25N3. The molecular weight excluding hydrogens is 246 g/mol. The van der Waals surface area contributed by atoms with Crippen molar-refractivity contribution in [2.24, 2.45) is 10.8 Å². The van der Waals surface area contributed by atoms with Crippen LogP contribution in [0, 0.1) is 0 Å². The van der Waals surface area contributed by atoms with E-state index >= 15 is 0 Å². The number of benzene rings is 1. The highest BCUT2D eigenvalue weighted by atomic mass is 15.3. The summed E-state index contributed by atoms with van der Waals surface area (Å²) < 4.78 is 0. The van der Waals surface area contributed by atoms with Gasteiger partial charge in [-0.25, -0.2) is 5.84 Å². The van der Waals surface area contributed by atoms with Gasteiger partial charge in [0.05, 0.1) is 11.5 Å². The number of hydrazine groups is 1. The number of nitrogens with zero attached hydrogens (tertiary/aromatic N) is 1. The topological polar surface area (TPSA) is 50.4 Å². The Kier molecular flexibility index (Phi) is 4.06. The molecule has 0 radical (unpaired) electrons. The average molecular weight is 271 g/mol. The molecule has 1 aromatic carbocycles. The lowest BCUT2D eigenvalue weighted by molar-refractivity contribution is 0.577. The van der Waals surface area contributed by atoms with Crippen LogP contribution in [0.25, 0.3) is 0 Å². The van der Waals surface area contributed by atoms with Crippen LogP contribution in [-0.4, -0.2) is 11.9 Å². The van der Waals surface area contributed by atoms with Gasteiger partial charge in [0.25, 0.3) is 0 Å². The number of nitrogens with one attached hydrogen (secondary N) is 1. The largest absolute Gasteiger partial charge is 0.312 e. The summed E-state index contributed by atoms with van der Waals surface area (Å²) in [7, 11) is 0. The van der Waals surface area contributed by atoms with E-state index in [0.29, 0.717) is 6.04 Å². The fraction of sp³-hybridized carbons (Fsp3) is 0.588. The van der Waals surface area contributed by atoms with Crippen LogP contribution in [0.15, 0.2) is 35.3 Å². The molecule has 3 heteroatoms. The van der Waals surface area contributed by atoms with E-state index in [2.05, 4.69) is 35.8 Å². The molecule has 0 saturated heterocycles. The number of hydrogen-bond donors (Lipinski definition) is 2. The fourth-order valence-electron chi connectivity index (χ4n) is 3.41. The molecule has 0 heterocycles. The molecule has 108 valence electrons. The van der Waals surface area contributed by atoms with Crippen LogP contribution in [-0.2, 0) is 5.41 Å². The van der Waals surface area contributed by atoms with Crippen LogP contribution in [0.3, 0.4) is 0 Å². The molecule has 0 bridgehead atoms. The zero-order valence-electron chi connectivity index (χ0n) is 12.1. The number of hydrogen-bond acceptors (Lipinski definition) is 2. The van der Waals surface area contributed by atoms with Crippen molar-refractivity contribution in [1.29, 1.82) is 0 Å². The highest BCUT2D eigenvalue weighted by Gasteiger charge is 2.49. The molecule has 0 spiro atoms. The van der Waals surface area contributed by atoms with E-state index in [4.69, 9.17) is 10.8 Å².